The number of nitrogens with one attached hydrogen (secondary N) is 1. The third-order valence-electron chi connectivity index (χ3n) is 5.97. The molecule has 3 aromatic rings. The molecule has 4 rings (SSSR count). The van der Waals surface area contributed by atoms with Crippen LogP contribution in [0.3, 0.4) is 0 Å². The van der Waals surface area contributed by atoms with Crippen molar-refractivity contribution in [3.63, 3.8) is 0 Å². The molecular weight excluding hydrogens is 484 g/mol. The first-order valence-corrected chi connectivity index (χ1v) is 12.2. The molecule has 1 N–H and O–H groups in total. The van der Waals surface area contributed by atoms with E-state index in [0.717, 1.165) is 23.0 Å². The zero-order valence-corrected chi connectivity index (χ0v) is 19.4. The zero-order valence-electron chi connectivity index (χ0n) is 18.6. The molecule has 0 saturated heterocycles. The summed E-state index contributed by atoms with van der Waals surface area (Å²) >= 11 is 0. The Balaban J connectivity index is 1.59. The molecule has 10 nitrogen and oxygen atoms in total. The van der Waals surface area contributed by atoms with Crippen molar-refractivity contribution in [2.45, 2.75) is 24.1 Å². The third kappa shape index (κ3) is 4.44. The molecule has 0 spiro atoms. The summed E-state index contributed by atoms with van der Waals surface area (Å²) in [6.45, 7) is -0.441. The molecule has 0 radical (unpaired) electrons. The number of amides is 1. The lowest BCUT2D eigenvalue weighted by atomic mass is 10.1. The van der Waals surface area contributed by atoms with Gasteiger partial charge in [0.2, 0.25) is 0 Å². The van der Waals surface area contributed by atoms with Crippen molar-refractivity contribution in [3.05, 3.63) is 63.1 Å². The number of aryl methyl sites for hydroxylation is 1. The molecule has 0 unspecified atom stereocenters. The highest BCUT2D eigenvalue weighted by Gasteiger charge is 2.53. The van der Waals surface area contributed by atoms with E-state index >= 15 is 0 Å². The van der Waals surface area contributed by atoms with Gasteiger partial charge in [-0.2, -0.15) is 10.4 Å². The Labute approximate surface area is 198 Å². The van der Waals surface area contributed by atoms with E-state index in [2.05, 4.69) is 15.5 Å². The van der Waals surface area contributed by atoms with E-state index in [1.54, 1.807) is 0 Å². The molecular formula is C22H19F2N5O5S. The molecule has 2 heterocycles. The smallest absolute Gasteiger partial charge is 0.263 e. The number of carbonyl (C=O) groups is 1. The first-order valence-electron chi connectivity index (χ1n) is 10.3. The Hall–Kier alpha value is -3.92. The maximum atomic E-state index is 13.8. The third-order valence-corrected chi connectivity index (χ3v) is 8.07. The van der Waals surface area contributed by atoms with Gasteiger partial charge in [0.1, 0.15) is 45.7 Å². The van der Waals surface area contributed by atoms with Crippen LogP contribution in [0.25, 0.3) is 10.9 Å². The van der Waals surface area contributed by atoms with Crippen LogP contribution in [-0.4, -0.2) is 46.7 Å². The predicted molar refractivity (Wildman–Crippen MR) is 119 cm³/mol. The van der Waals surface area contributed by atoms with Crippen molar-refractivity contribution in [3.8, 4) is 11.9 Å². The van der Waals surface area contributed by atoms with Gasteiger partial charge < -0.3 is 14.6 Å². The Morgan fingerprint density at radius 3 is 2.51 bits per heavy atom. The number of hydrogen-bond acceptors (Lipinski definition) is 8. The minimum absolute atomic E-state index is 0.0486. The summed E-state index contributed by atoms with van der Waals surface area (Å²) in [5.41, 5.74) is -1.40. The van der Waals surface area contributed by atoms with E-state index in [1.807, 2.05) is 0 Å². The van der Waals surface area contributed by atoms with Gasteiger partial charge in [-0.25, -0.2) is 17.2 Å². The van der Waals surface area contributed by atoms with Gasteiger partial charge >= 0.3 is 0 Å². The second-order valence-corrected chi connectivity index (χ2v) is 10.8. The number of ether oxygens (including phenoxy) is 1. The average molecular weight is 503 g/mol. The van der Waals surface area contributed by atoms with E-state index < -0.39 is 43.2 Å². The predicted octanol–water partition coefficient (Wildman–Crippen LogP) is 1.36. The number of nitriles is 1. The molecule has 13 heteroatoms. The van der Waals surface area contributed by atoms with E-state index in [4.69, 9.17) is 10.00 Å². The molecule has 1 aromatic carbocycles. The summed E-state index contributed by atoms with van der Waals surface area (Å²) in [7, 11) is -1.95. The molecule has 0 bridgehead atoms. The molecule has 1 amide bonds. The first-order chi connectivity index (χ1) is 16.5. The molecule has 1 aliphatic rings. The van der Waals surface area contributed by atoms with Crippen LogP contribution < -0.4 is 15.6 Å². The second-order valence-electron chi connectivity index (χ2n) is 8.35. The number of sulfone groups is 1. The number of benzene rings is 1. The standard InChI is InChI=1S/C22H19F2N5O5S/c1-29-18-13(10-27-28-20(18)34-11-22(3-4-22)35(2,32)33)7-14(21(29)31)19(30)26-9-12-5-16(23)15(8-25)17(24)6-12/h5-7,10H,3-4,9,11H2,1-2H3,(H,26,30). The van der Waals surface area contributed by atoms with Crippen molar-refractivity contribution in [1.82, 2.24) is 20.1 Å². The SMILES string of the molecule is Cn1c(=O)c(C(=O)NCc2cc(F)c(C#N)c(F)c2)cc2cnnc(OCC3(S(C)(=O)=O)CC3)c21. The normalized spacial score (nSPS) is 14.4. The highest BCUT2D eigenvalue weighted by atomic mass is 32.2. The van der Waals surface area contributed by atoms with Crippen molar-refractivity contribution < 1.29 is 26.7 Å². The van der Waals surface area contributed by atoms with Crippen LogP contribution >= 0.6 is 0 Å². The fourth-order valence-corrected chi connectivity index (χ4v) is 4.77. The summed E-state index contributed by atoms with van der Waals surface area (Å²) < 4.78 is 57.4. The minimum atomic E-state index is -3.35. The molecule has 1 fully saturated rings. The zero-order chi connectivity index (χ0) is 25.5. The van der Waals surface area contributed by atoms with Crippen LogP contribution in [0.4, 0.5) is 8.78 Å². The van der Waals surface area contributed by atoms with Crippen LogP contribution in [0.5, 0.6) is 5.88 Å². The van der Waals surface area contributed by atoms with Crippen LogP contribution in [0, 0.1) is 23.0 Å². The Morgan fingerprint density at radius 1 is 1.29 bits per heavy atom. The lowest BCUT2D eigenvalue weighted by Crippen LogP contribution is -2.33. The quantitative estimate of drug-likeness (QED) is 0.509. The molecule has 0 aliphatic heterocycles. The van der Waals surface area contributed by atoms with E-state index in [-0.39, 0.29) is 35.7 Å². The number of fused-ring (bicyclic) bond motifs is 1. The molecule has 2 aromatic heterocycles. The second kappa shape index (κ2) is 8.70. The van der Waals surface area contributed by atoms with Crippen LogP contribution in [0.1, 0.15) is 34.3 Å². The van der Waals surface area contributed by atoms with Gasteiger partial charge in [0.25, 0.3) is 17.3 Å². The van der Waals surface area contributed by atoms with Crippen molar-refractivity contribution in [1.29, 1.82) is 5.26 Å². The molecule has 1 aliphatic carbocycles. The highest BCUT2D eigenvalue weighted by molar-refractivity contribution is 7.92. The number of aromatic nitrogens is 3. The largest absolute Gasteiger partial charge is 0.473 e. The highest BCUT2D eigenvalue weighted by Crippen LogP contribution is 2.43. The van der Waals surface area contributed by atoms with Crippen LogP contribution in [-0.2, 0) is 23.4 Å². The molecule has 182 valence electrons. The lowest BCUT2D eigenvalue weighted by molar-refractivity contribution is 0.0949. The molecule has 0 atom stereocenters. The van der Waals surface area contributed by atoms with Crippen molar-refractivity contribution in [2.24, 2.45) is 7.05 Å². The van der Waals surface area contributed by atoms with Crippen LogP contribution in [0.2, 0.25) is 0 Å². The molecule has 1 saturated carbocycles. The number of halogens is 2. The van der Waals surface area contributed by atoms with E-state index in [9.17, 15) is 26.8 Å². The number of pyridine rings is 1. The summed E-state index contributed by atoms with van der Waals surface area (Å²) in [4.78, 5) is 25.6. The summed E-state index contributed by atoms with van der Waals surface area (Å²) in [6.07, 6.45) is 3.37. The number of nitrogens with zero attached hydrogens (tertiary/aromatic N) is 4. The fraction of sp³-hybridized carbons (Fsp3) is 0.318. The van der Waals surface area contributed by atoms with Crippen molar-refractivity contribution in [2.75, 3.05) is 12.9 Å². The first kappa shape index (κ1) is 24.2. The van der Waals surface area contributed by atoms with Gasteiger partial charge in [0.15, 0.2) is 9.84 Å². The maximum absolute atomic E-state index is 13.8. The van der Waals surface area contributed by atoms with Gasteiger partial charge in [-0.15, -0.1) is 5.10 Å². The number of rotatable bonds is 7. The van der Waals surface area contributed by atoms with E-state index in [1.165, 1.54) is 25.4 Å². The maximum Gasteiger partial charge on any atom is 0.263 e. The fourth-order valence-electron chi connectivity index (χ4n) is 3.65. The molecule has 35 heavy (non-hydrogen) atoms. The van der Waals surface area contributed by atoms with Gasteiger partial charge in [-0.05, 0) is 36.6 Å². The number of carbonyl (C=O) groups excluding carboxylic acids is 1. The Kier molecular flexibility index (Phi) is 6.02. The Morgan fingerprint density at radius 2 is 1.94 bits per heavy atom. The lowest BCUT2D eigenvalue weighted by Gasteiger charge is -2.16. The summed E-state index contributed by atoms with van der Waals surface area (Å²) in [6, 6.07) is 4.53. The van der Waals surface area contributed by atoms with Gasteiger partial charge in [0, 0.05) is 25.2 Å². The number of hydrogen-bond donors (Lipinski definition) is 1. The summed E-state index contributed by atoms with van der Waals surface area (Å²) in [5.74, 6) is -2.97. The van der Waals surface area contributed by atoms with E-state index in [0.29, 0.717) is 18.2 Å². The van der Waals surface area contributed by atoms with Crippen molar-refractivity contribution >= 4 is 26.6 Å². The van der Waals surface area contributed by atoms with Gasteiger partial charge in [-0.1, -0.05) is 0 Å². The Bertz CT molecular complexity index is 1550. The summed E-state index contributed by atoms with van der Waals surface area (Å²) in [5, 5.41) is 19.2. The average Bonchev–Trinajstić information content (AvgIpc) is 3.59. The van der Waals surface area contributed by atoms with Gasteiger partial charge in [-0.3, -0.25) is 9.59 Å². The monoisotopic (exact) mass is 503 g/mol. The topological polar surface area (TPSA) is 144 Å². The van der Waals surface area contributed by atoms with Crippen LogP contribution in [0.15, 0.2) is 29.2 Å². The van der Waals surface area contributed by atoms with Gasteiger partial charge in [0.05, 0.1) is 6.20 Å². The minimum Gasteiger partial charge on any atom is -0.473 e.